The molecule has 1 aliphatic rings. The van der Waals surface area contributed by atoms with Gasteiger partial charge in [0.15, 0.2) is 4.34 Å². The van der Waals surface area contributed by atoms with Gasteiger partial charge in [-0.15, -0.1) is 10.2 Å². The highest BCUT2D eigenvalue weighted by Gasteiger charge is 2.19. The third kappa shape index (κ3) is 6.18. The van der Waals surface area contributed by atoms with Gasteiger partial charge in [-0.25, -0.2) is 0 Å². The largest absolute Gasteiger partial charge is 0.376 e. The maximum absolute atomic E-state index is 12.4. The number of aromatic nitrogens is 2. The highest BCUT2D eigenvalue weighted by atomic mass is 32.2. The number of benzene rings is 1. The summed E-state index contributed by atoms with van der Waals surface area (Å²) >= 11 is 2.80. The molecule has 3 rings (SSSR count). The van der Waals surface area contributed by atoms with Gasteiger partial charge >= 0.3 is 0 Å². The first-order valence-corrected chi connectivity index (χ1v) is 10.7. The average Bonchev–Trinajstić information content (AvgIpc) is 3.33. The molecule has 3 N–H and O–H groups in total. The summed E-state index contributed by atoms with van der Waals surface area (Å²) in [7, 11) is 0. The number of hydrogen-bond acceptors (Lipinski definition) is 8. The second-order valence-electron chi connectivity index (χ2n) is 6.40. The Balaban J connectivity index is 1.46. The van der Waals surface area contributed by atoms with E-state index in [-0.39, 0.29) is 23.2 Å². The van der Waals surface area contributed by atoms with Crippen LogP contribution in [-0.4, -0.2) is 46.5 Å². The van der Waals surface area contributed by atoms with Crippen LogP contribution >= 0.6 is 23.1 Å². The van der Waals surface area contributed by atoms with E-state index in [1.807, 2.05) is 6.92 Å². The predicted molar refractivity (Wildman–Crippen MR) is 112 cm³/mol. The molecule has 1 aromatic heterocycles. The van der Waals surface area contributed by atoms with Gasteiger partial charge in [-0.05, 0) is 44.0 Å². The first-order valence-electron chi connectivity index (χ1n) is 9.04. The lowest BCUT2D eigenvalue weighted by molar-refractivity contribution is -0.115. The Morgan fingerprint density at radius 3 is 2.61 bits per heavy atom. The van der Waals surface area contributed by atoms with E-state index in [9.17, 15) is 9.59 Å². The summed E-state index contributed by atoms with van der Waals surface area (Å²) in [5.74, 6) is -0.259. The zero-order valence-corrected chi connectivity index (χ0v) is 17.4. The van der Waals surface area contributed by atoms with Crippen molar-refractivity contribution in [2.24, 2.45) is 0 Å². The molecule has 0 radical (unpaired) electrons. The minimum atomic E-state index is -0.325. The van der Waals surface area contributed by atoms with Gasteiger partial charge in [0.2, 0.25) is 16.9 Å². The predicted octanol–water partition coefficient (Wildman–Crippen LogP) is 3.21. The van der Waals surface area contributed by atoms with Crippen molar-refractivity contribution in [3.63, 3.8) is 0 Å². The molecule has 0 spiro atoms. The van der Waals surface area contributed by atoms with Crippen LogP contribution in [0.25, 0.3) is 0 Å². The molecule has 2 aromatic rings. The van der Waals surface area contributed by atoms with Crippen LogP contribution in [0.2, 0.25) is 0 Å². The molecule has 0 aliphatic carbocycles. The Morgan fingerprint density at radius 1 is 1.25 bits per heavy atom. The summed E-state index contributed by atoms with van der Waals surface area (Å²) < 4.78 is 6.31. The summed E-state index contributed by atoms with van der Waals surface area (Å²) in [4.78, 5) is 23.5. The van der Waals surface area contributed by atoms with Crippen molar-refractivity contribution in [3.05, 3.63) is 24.3 Å². The van der Waals surface area contributed by atoms with Crippen molar-refractivity contribution in [1.82, 2.24) is 10.2 Å². The second-order valence-corrected chi connectivity index (χ2v) is 8.96. The molecule has 2 atom stereocenters. The Morgan fingerprint density at radius 2 is 1.96 bits per heavy atom. The minimum Gasteiger partial charge on any atom is -0.376 e. The van der Waals surface area contributed by atoms with E-state index in [4.69, 9.17) is 4.74 Å². The number of carbonyl (C=O) groups excluding carboxylic acids is 2. The number of anilines is 3. The van der Waals surface area contributed by atoms with E-state index in [1.54, 1.807) is 24.3 Å². The number of nitrogens with one attached hydrogen (secondary N) is 3. The molecule has 1 fully saturated rings. The van der Waals surface area contributed by atoms with Crippen molar-refractivity contribution >= 4 is 51.4 Å². The van der Waals surface area contributed by atoms with Crippen LogP contribution in [0.5, 0.6) is 0 Å². The summed E-state index contributed by atoms with van der Waals surface area (Å²) in [6.07, 6.45) is 2.41. The van der Waals surface area contributed by atoms with Crippen LogP contribution in [0.1, 0.15) is 26.7 Å². The van der Waals surface area contributed by atoms with Crippen LogP contribution in [-0.2, 0) is 14.3 Å². The van der Waals surface area contributed by atoms with Gasteiger partial charge in [-0.3, -0.25) is 9.59 Å². The molecule has 10 heteroatoms. The van der Waals surface area contributed by atoms with E-state index >= 15 is 0 Å². The normalized spacial score (nSPS) is 17.1. The van der Waals surface area contributed by atoms with Crippen LogP contribution in [0.15, 0.2) is 28.6 Å². The number of hydrogen-bond donors (Lipinski definition) is 3. The minimum absolute atomic E-state index is 0.124. The van der Waals surface area contributed by atoms with Gasteiger partial charge < -0.3 is 20.7 Å². The van der Waals surface area contributed by atoms with Crippen molar-refractivity contribution in [2.45, 2.75) is 42.4 Å². The molecule has 150 valence electrons. The number of nitrogens with zero attached hydrogens (tertiary/aromatic N) is 2. The van der Waals surface area contributed by atoms with Gasteiger partial charge in [-0.1, -0.05) is 23.1 Å². The van der Waals surface area contributed by atoms with E-state index in [1.165, 1.54) is 30.0 Å². The second kappa shape index (κ2) is 9.85. The lowest BCUT2D eigenvalue weighted by Gasteiger charge is -2.11. The van der Waals surface area contributed by atoms with Crippen molar-refractivity contribution in [2.75, 3.05) is 29.1 Å². The highest BCUT2D eigenvalue weighted by molar-refractivity contribution is 8.02. The van der Waals surface area contributed by atoms with Crippen LogP contribution in [0.4, 0.5) is 16.5 Å². The fourth-order valence-corrected chi connectivity index (χ4v) is 4.53. The number of amides is 2. The van der Waals surface area contributed by atoms with Crippen LogP contribution < -0.4 is 16.0 Å². The topological polar surface area (TPSA) is 105 Å². The lowest BCUT2D eigenvalue weighted by Crippen LogP contribution is -2.22. The maximum atomic E-state index is 12.4. The molecule has 2 unspecified atom stereocenters. The molecular weight excluding hydrogens is 398 g/mol. The molecule has 1 saturated heterocycles. The zero-order chi connectivity index (χ0) is 19.9. The number of carbonyl (C=O) groups is 2. The van der Waals surface area contributed by atoms with E-state index in [0.717, 1.165) is 35.5 Å². The summed E-state index contributed by atoms with van der Waals surface area (Å²) in [6, 6.07) is 6.98. The molecule has 2 heterocycles. The average molecular weight is 422 g/mol. The van der Waals surface area contributed by atoms with Gasteiger partial charge in [0.25, 0.3) is 0 Å². The quantitative estimate of drug-likeness (QED) is 0.562. The van der Waals surface area contributed by atoms with Gasteiger partial charge in [0.05, 0.1) is 11.4 Å². The van der Waals surface area contributed by atoms with Crippen LogP contribution in [0.3, 0.4) is 0 Å². The monoisotopic (exact) mass is 421 g/mol. The molecule has 28 heavy (non-hydrogen) atoms. The maximum Gasteiger partial charge on any atom is 0.237 e. The van der Waals surface area contributed by atoms with E-state index in [2.05, 4.69) is 26.1 Å². The van der Waals surface area contributed by atoms with Gasteiger partial charge in [0, 0.05) is 31.5 Å². The number of rotatable bonds is 8. The van der Waals surface area contributed by atoms with E-state index < -0.39 is 0 Å². The summed E-state index contributed by atoms with van der Waals surface area (Å²) in [5, 5.41) is 17.5. The van der Waals surface area contributed by atoms with E-state index in [0.29, 0.717) is 11.4 Å². The summed E-state index contributed by atoms with van der Waals surface area (Å²) in [5.41, 5.74) is 1.35. The van der Waals surface area contributed by atoms with Gasteiger partial charge in [-0.2, -0.15) is 0 Å². The Kier molecular flexibility index (Phi) is 7.24. The van der Waals surface area contributed by atoms with Crippen molar-refractivity contribution in [1.29, 1.82) is 0 Å². The molecule has 2 amide bonds. The Labute approximate surface area is 171 Å². The molecular formula is C18H23N5O3S2. The van der Waals surface area contributed by atoms with Gasteiger partial charge in [0.1, 0.15) is 0 Å². The Bertz CT molecular complexity index is 806. The van der Waals surface area contributed by atoms with Crippen molar-refractivity contribution < 1.29 is 14.3 Å². The molecule has 8 nitrogen and oxygen atoms in total. The summed E-state index contributed by atoms with van der Waals surface area (Å²) in [6.45, 7) is 4.83. The lowest BCUT2D eigenvalue weighted by atomic mass is 10.2. The SMILES string of the molecule is CC(=O)Nc1ccc(NC(=O)C(C)Sc2nnc(NCC3CCCO3)s2)cc1. The smallest absolute Gasteiger partial charge is 0.237 e. The molecule has 1 aromatic carbocycles. The fourth-order valence-electron chi connectivity index (χ4n) is 2.62. The third-order valence-corrected chi connectivity index (χ3v) is 6.10. The van der Waals surface area contributed by atoms with Crippen molar-refractivity contribution in [3.8, 4) is 0 Å². The zero-order valence-electron chi connectivity index (χ0n) is 15.7. The first kappa shape index (κ1) is 20.6. The molecule has 0 bridgehead atoms. The van der Waals surface area contributed by atoms with Crippen LogP contribution in [0, 0.1) is 0 Å². The first-order chi connectivity index (χ1) is 13.5. The number of thioether (sulfide) groups is 1. The number of ether oxygens (including phenoxy) is 1. The Hall–Kier alpha value is -2.17. The molecule has 0 saturated carbocycles. The standard InChI is InChI=1S/C18H23N5O3S2/c1-11(16(25)21-14-7-5-13(6-8-14)20-12(2)24)27-18-23-22-17(28-18)19-10-15-4-3-9-26-15/h5-8,11,15H,3-4,9-10H2,1-2H3,(H,19,22)(H,20,24)(H,21,25). The highest BCUT2D eigenvalue weighted by Crippen LogP contribution is 2.29. The molecule has 1 aliphatic heterocycles. The fraction of sp³-hybridized carbons (Fsp3) is 0.444. The third-order valence-electron chi connectivity index (χ3n) is 4.03.